The largest absolute Gasteiger partial charge is 0.478 e. The number of rotatable bonds is 6. The van der Waals surface area contributed by atoms with Crippen LogP contribution in [0.3, 0.4) is 0 Å². The van der Waals surface area contributed by atoms with E-state index in [4.69, 9.17) is 0 Å². The average Bonchev–Trinajstić information content (AvgIpc) is 2.55. The molecule has 0 aliphatic heterocycles. The molecule has 23 heavy (non-hydrogen) atoms. The molecule has 4 heteroatoms. The Balaban J connectivity index is 2.01. The summed E-state index contributed by atoms with van der Waals surface area (Å²) in [4.78, 5) is 25.9. The predicted octanol–water partition coefficient (Wildman–Crippen LogP) is 3.74. The number of nitrogens with zero attached hydrogens (tertiary/aromatic N) is 1. The van der Waals surface area contributed by atoms with Crippen molar-refractivity contribution in [3.63, 3.8) is 0 Å². The first-order valence-electron chi connectivity index (χ1n) is 8.65. The molecule has 1 aromatic rings. The Morgan fingerprint density at radius 1 is 1.22 bits per heavy atom. The zero-order valence-corrected chi connectivity index (χ0v) is 14.1. The summed E-state index contributed by atoms with van der Waals surface area (Å²) in [7, 11) is 0. The number of hydrogen-bond donors (Lipinski definition) is 1. The summed E-state index contributed by atoms with van der Waals surface area (Å²) >= 11 is 0. The Bertz CT molecular complexity index is 555. The number of carbonyl (C=O) groups excluding carboxylic acids is 1. The van der Waals surface area contributed by atoms with Gasteiger partial charge in [0.15, 0.2) is 0 Å². The maximum absolute atomic E-state index is 12.7. The molecule has 1 aromatic carbocycles. The molecule has 2 atom stereocenters. The number of hydrogen-bond acceptors (Lipinski definition) is 2. The van der Waals surface area contributed by atoms with Crippen LogP contribution < -0.4 is 0 Å². The second kappa shape index (κ2) is 8.14. The van der Waals surface area contributed by atoms with Crippen molar-refractivity contribution in [2.45, 2.75) is 58.4 Å². The number of benzene rings is 1. The van der Waals surface area contributed by atoms with E-state index in [1.807, 2.05) is 17.9 Å². The van der Waals surface area contributed by atoms with Gasteiger partial charge in [0, 0.05) is 19.0 Å². The molecule has 0 spiro atoms. The Morgan fingerprint density at radius 2 is 1.91 bits per heavy atom. The van der Waals surface area contributed by atoms with Crippen LogP contribution in [0.2, 0.25) is 0 Å². The van der Waals surface area contributed by atoms with Crippen molar-refractivity contribution in [2.24, 2.45) is 5.92 Å². The van der Waals surface area contributed by atoms with Gasteiger partial charge < -0.3 is 10.0 Å². The highest BCUT2D eigenvalue weighted by Crippen LogP contribution is 2.28. The topological polar surface area (TPSA) is 57.6 Å². The van der Waals surface area contributed by atoms with Gasteiger partial charge in [0.2, 0.25) is 5.91 Å². The minimum absolute atomic E-state index is 0.145. The molecule has 1 fully saturated rings. The van der Waals surface area contributed by atoms with Crippen molar-refractivity contribution in [1.29, 1.82) is 0 Å². The zero-order chi connectivity index (χ0) is 16.8. The maximum atomic E-state index is 12.7. The van der Waals surface area contributed by atoms with Crippen LogP contribution >= 0.6 is 0 Å². The molecule has 2 unspecified atom stereocenters. The SMILES string of the molecule is CCN(C(=O)CCc1ccccc1C(=O)O)C1CCCCC1C. The van der Waals surface area contributed by atoms with Crippen molar-refractivity contribution >= 4 is 11.9 Å². The third-order valence-electron chi connectivity index (χ3n) is 4.98. The average molecular weight is 317 g/mol. The molecule has 1 N–H and O–H groups in total. The summed E-state index contributed by atoms with van der Waals surface area (Å²) < 4.78 is 0. The van der Waals surface area contributed by atoms with Gasteiger partial charge >= 0.3 is 5.97 Å². The summed E-state index contributed by atoms with van der Waals surface area (Å²) in [6, 6.07) is 7.29. The third kappa shape index (κ3) is 4.34. The van der Waals surface area contributed by atoms with E-state index < -0.39 is 5.97 Å². The molecule has 0 heterocycles. The fourth-order valence-electron chi connectivity index (χ4n) is 3.69. The number of amides is 1. The van der Waals surface area contributed by atoms with Gasteiger partial charge in [0.25, 0.3) is 0 Å². The highest BCUT2D eigenvalue weighted by Gasteiger charge is 2.29. The number of carboxylic acid groups (broad SMARTS) is 1. The van der Waals surface area contributed by atoms with Crippen LogP contribution in [0, 0.1) is 5.92 Å². The van der Waals surface area contributed by atoms with Gasteiger partial charge in [-0.25, -0.2) is 4.79 Å². The number of carboxylic acids is 1. The molecule has 1 amide bonds. The van der Waals surface area contributed by atoms with E-state index in [1.165, 1.54) is 19.3 Å². The van der Waals surface area contributed by atoms with Gasteiger partial charge in [-0.3, -0.25) is 4.79 Å². The molecule has 4 nitrogen and oxygen atoms in total. The van der Waals surface area contributed by atoms with E-state index in [0.29, 0.717) is 30.4 Å². The normalized spacial score (nSPS) is 21.0. The zero-order valence-electron chi connectivity index (χ0n) is 14.1. The predicted molar refractivity (Wildman–Crippen MR) is 90.5 cm³/mol. The van der Waals surface area contributed by atoms with E-state index in [9.17, 15) is 14.7 Å². The quantitative estimate of drug-likeness (QED) is 0.869. The van der Waals surface area contributed by atoms with E-state index >= 15 is 0 Å². The van der Waals surface area contributed by atoms with Crippen LogP contribution in [0.25, 0.3) is 0 Å². The van der Waals surface area contributed by atoms with Gasteiger partial charge in [0.1, 0.15) is 0 Å². The minimum Gasteiger partial charge on any atom is -0.478 e. The standard InChI is InChI=1S/C19H27NO3/c1-3-20(17-11-7-4-8-14(17)2)18(21)13-12-15-9-5-6-10-16(15)19(22)23/h5-6,9-10,14,17H,3-4,7-8,11-13H2,1-2H3,(H,22,23). The fourth-order valence-corrected chi connectivity index (χ4v) is 3.69. The number of carbonyl (C=O) groups is 2. The molecule has 0 radical (unpaired) electrons. The fraction of sp³-hybridized carbons (Fsp3) is 0.579. The lowest BCUT2D eigenvalue weighted by atomic mass is 9.84. The maximum Gasteiger partial charge on any atom is 0.335 e. The molecular formula is C19H27NO3. The summed E-state index contributed by atoms with van der Waals surface area (Å²) in [6.07, 6.45) is 5.60. The molecule has 2 rings (SSSR count). The van der Waals surface area contributed by atoms with E-state index in [-0.39, 0.29) is 5.91 Å². The van der Waals surface area contributed by atoms with Gasteiger partial charge in [-0.15, -0.1) is 0 Å². The molecule has 0 saturated heterocycles. The van der Waals surface area contributed by atoms with E-state index in [2.05, 4.69) is 6.92 Å². The molecule has 1 saturated carbocycles. The summed E-state index contributed by atoms with van der Waals surface area (Å²) in [6.45, 7) is 5.00. The lowest BCUT2D eigenvalue weighted by Gasteiger charge is -2.38. The first-order valence-corrected chi connectivity index (χ1v) is 8.65. The van der Waals surface area contributed by atoms with Crippen LogP contribution in [0.4, 0.5) is 0 Å². The van der Waals surface area contributed by atoms with Gasteiger partial charge in [0.05, 0.1) is 5.56 Å². The second-order valence-corrected chi connectivity index (χ2v) is 6.47. The van der Waals surface area contributed by atoms with Crippen LogP contribution in [0.15, 0.2) is 24.3 Å². The minimum atomic E-state index is -0.929. The lowest BCUT2D eigenvalue weighted by Crippen LogP contribution is -2.45. The molecule has 0 aromatic heterocycles. The highest BCUT2D eigenvalue weighted by molar-refractivity contribution is 5.89. The number of aromatic carboxylic acids is 1. The van der Waals surface area contributed by atoms with Crippen molar-refractivity contribution in [3.05, 3.63) is 35.4 Å². The van der Waals surface area contributed by atoms with Crippen molar-refractivity contribution in [2.75, 3.05) is 6.54 Å². The first kappa shape index (κ1) is 17.5. The van der Waals surface area contributed by atoms with Crippen LogP contribution in [0.5, 0.6) is 0 Å². The second-order valence-electron chi connectivity index (χ2n) is 6.47. The Labute approximate surface area is 138 Å². The van der Waals surface area contributed by atoms with E-state index in [0.717, 1.165) is 18.5 Å². The molecule has 1 aliphatic rings. The Morgan fingerprint density at radius 3 is 2.57 bits per heavy atom. The van der Waals surface area contributed by atoms with Gasteiger partial charge in [-0.2, -0.15) is 0 Å². The van der Waals surface area contributed by atoms with E-state index in [1.54, 1.807) is 18.2 Å². The van der Waals surface area contributed by atoms with Crippen LogP contribution in [0.1, 0.15) is 61.9 Å². The van der Waals surface area contributed by atoms with Crippen molar-refractivity contribution < 1.29 is 14.7 Å². The van der Waals surface area contributed by atoms with Crippen molar-refractivity contribution in [1.82, 2.24) is 4.90 Å². The van der Waals surface area contributed by atoms with Crippen LogP contribution in [-0.4, -0.2) is 34.5 Å². The van der Waals surface area contributed by atoms with Gasteiger partial charge in [-0.1, -0.05) is 38.0 Å². The highest BCUT2D eigenvalue weighted by atomic mass is 16.4. The van der Waals surface area contributed by atoms with Gasteiger partial charge in [-0.05, 0) is 43.7 Å². The van der Waals surface area contributed by atoms with Crippen molar-refractivity contribution in [3.8, 4) is 0 Å². The smallest absolute Gasteiger partial charge is 0.335 e. The summed E-state index contributed by atoms with van der Waals surface area (Å²) in [5.74, 6) is -0.230. The molecule has 0 bridgehead atoms. The van der Waals surface area contributed by atoms with Crippen LogP contribution in [-0.2, 0) is 11.2 Å². The summed E-state index contributed by atoms with van der Waals surface area (Å²) in [5.41, 5.74) is 1.04. The molecule has 126 valence electrons. The molecule has 1 aliphatic carbocycles. The lowest BCUT2D eigenvalue weighted by molar-refractivity contribution is -0.135. The Kier molecular flexibility index (Phi) is 6.20. The summed E-state index contributed by atoms with van der Waals surface area (Å²) in [5, 5.41) is 9.23. The number of aryl methyl sites for hydroxylation is 1. The first-order chi connectivity index (χ1) is 11.0. The Hall–Kier alpha value is -1.84. The molecular weight excluding hydrogens is 290 g/mol. The third-order valence-corrected chi connectivity index (χ3v) is 4.98. The monoisotopic (exact) mass is 317 g/mol.